The molecule has 110 valence electrons. The van der Waals surface area contributed by atoms with Crippen LogP contribution in [0.1, 0.15) is 21.6 Å². The Morgan fingerprint density at radius 1 is 1.33 bits per heavy atom. The van der Waals surface area contributed by atoms with Gasteiger partial charge in [-0.2, -0.15) is 5.10 Å². The Labute approximate surface area is 122 Å². The van der Waals surface area contributed by atoms with Gasteiger partial charge in [-0.05, 0) is 23.8 Å². The number of carbonyl (C=O) groups is 1. The first kappa shape index (κ1) is 14.6. The van der Waals surface area contributed by atoms with Crippen molar-refractivity contribution in [3.05, 3.63) is 53.5 Å². The van der Waals surface area contributed by atoms with Gasteiger partial charge >= 0.3 is 5.97 Å². The van der Waals surface area contributed by atoms with E-state index in [1.165, 1.54) is 19.6 Å². The van der Waals surface area contributed by atoms with Gasteiger partial charge in [0.2, 0.25) is 0 Å². The first-order valence-electron chi connectivity index (χ1n) is 6.27. The molecule has 0 aliphatic heterocycles. The molecule has 6 nitrogen and oxygen atoms in total. The summed E-state index contributed by atoms with van der Waals surface area (Å²) >= 11 is 0. The van der Waals surface area contributed by atoms with Crippen molar-refractivity contribution in [1.29, 1.82) is 0 Å². The lowest BCUT2D eigenvalue weighted by molar-refractivity contribution is 0.0696. The average molecular weight is 288 g/mol. The molecule has 2 aromatic rings. The summed E-state index contributed by atoms with van der Waals surface area (Å²) in [5.74, 6) is -0.253. The van der Waals surface area contributed by atoms with Gasteiger partial charge in [-0.25, -0.2) is 4.79 Å². The van der Waals surface area contributed by atoms with Crippen LogP contribution in [0.3, 0.4) is 0 Å². The molecule has 0 saturated carbocycles. The molecule has 2 rings (SSSR count). The Bertz CT molecular complexity index is 644. The van der Waals surface area contributed by atoms with Crippen molar-refractivity contribution in [2.75, 3.05) is 14.2 Å². The third-order valence-electron chi connectivity index (χ3n) is 2.96. The Morgan fingerprint density at radius 2 is 2.05 bits per heavy atom. The van der Waals surface area contributed by atoms with Crippen molar-refractivity contribution in [3.63, 3.8) is 0 Å². The summed E-state index contributed by atoms with van der Waals surface area (Å²) in [6.45, 7) is 0.459. The predicted molar refractivity (Wildman–Crippen MR) is 77.3 cm³/mol. The second kappa shape index (κ2) is 6.60. The quantitative estimate of drug-likeness (QED) is 0.825. The summed E-state index contributed by atoms with van der Waals surface area (Å²) in [5, 5.41) is 13.3. The number of carboxylic acids is 1. The van der Waals surface area contributed by atoms with Gasteiger partial charge in [0.1, 0.15) is 11.3 Å². The molecule has 0 bridgehead atoms. The van der Waals surface area contributed by atoms with Crippen LogP contribution >= 0.6 is 0 Å². The zero-order valence-corrected chi connectivity index (χ0v) is 11.8. The highest BCUT2D eigenvalue weighted by Crippen LogP contribution is 2.16. The Morgan fingerprint density at radius 3 is 2.62 bits per heavy atom. The molecule has 6 heteroatoms. The van der Waals surface area contributed by atoms with Gasteiger partial charge in [0, 0.05) is 0 Å². The third kappa shape index (κ3) is 3.42. The fraction of sp³-hybridized carbons (Fsp3) is 0.200. The first-order chi connectivity index (χ1) is 10.2. The highest BCUT2D eigenvalue weighted by Gasteiger charge is 2.14. The van der Waals surface area contributed by atoms with Crippen molar-refractivity contribution in [3.8, 4) is 5.75 Å². The van der Waals surface area contributed by atoms with E-state index in [0.29, 0.717) is 12.2 Å². The van der Waals surface area contributed by atoms with Gasteiger partial charge in [0.15, 0.2) is 0 Å². The summed E-state index contributed by atoms with van der Waals surface area (Å²) in [6, 6.07) is 7.51. The van der Waals surface area contributed by atoms with E-state index >= 15 is 0 Å². The Balaban J connectivity index is 2.30. The fourth-order valence-corrected chi connectivity index (χ4v) is 1.90. The standard InChI is InChI=1S/C15H16N2O4/c1-20-8-7-14-13(15(18)19)9-16-17(14)10-11-3-5-12(21-2)6-4-11/h3-9H,10H2,1-2H3,(H,18,19)/b8-7+. The maximum absolute atomic E-state index is 11.2. The number of ether oxygens (including phenoxy) is 2. The van der Waals surface area contributed by atoms with Gasteiger partial charge in [-0.1, -0.05) is 12.1 Å². The van der Waals surface area contributed by atoms with E-state index in [1.807, 2.05) is 24.3 Å². The molecule has 0 aliphatic rings. The van der Waals surface area contributed by atoms with Crippen LogP contribution in [0.25, 0.3) is 6.08 Å². The monoisotopic (exact) mass is 288 g/mol. The number of hydrogen-bond acceptors (Lipinski definition) is 4. The van der Waals surface area contributed by atoms with Crippen molar-refractivity contribution in [1.82, 2.24) is 9.78 Å². The van der Waals surface area contributed by atoms with E-state index in [4.69, 9.17) is 14.6 Å². The van der Waals surface area contributed by atoms with Crippen molar-refractivity contribution >= 4 is 12.0 Å². The summed E-state index contributed by atoms with van der Waals surface area (Å²) in [6.07, 6.45) is 4.34. The molecule has 0 spiro atoms. The van der Waals surface area contributed by atoms with E-state index < -0.39 is 5.97 Å². The van der Waals surface area contributed by atoms with Crippen molar-refractivity contribution < 1.29 is 19.4 Å². The predicted octanol–water partition coefficient (Wildman–Crippen LogP) is 2.26. The summed E-state index contributed by atoms with van der Waals surface area (Å²) in [5.41, 5.74) is 1.61. The number of aromatic nitrogens is 2. The number of methoxy groups -OCH3 is 2. The first-order valence-corrected chi connectivity index (χ1v) is 6.27. The molecular formula is C15H16N2O4. The van der Waals surface area contributed by atoms with Crippen molar-refractivity contribution in [2.45, 2.75) is 6.54 Å². The molecule has 0 atom stereocenters. The zero-order valence-electron chi connectivity index (χ0n) is 11.8. The SMILES string of the molecule is CO/C=C/c1c(C(=O)O)cnn1Cc1ccc(OC)cc1. The van der Waals surface area contributed by atoms with E-state index in [0.717, 1.165) is 11.3 Å². The second-order valence-electron chi connectivity index (χ2n) is 4.29. The topological polar surface area (TPSA) is 73.6 Å². The lowest BCUT2D eigenvalue weighted by Gasteiger charge is -2.07. The van der Waals surface area contributed by atoms with Crippen LogP contribution in [-0.4, -0.2) is 35.1 Å². The van der Waals surface area contributed by atoms with E-state index in [2.05, 4.69) is 5.10 Å². The minimum absolute atomic E-state index is 0.136. The van der Waals surface area contributed by atoms with Crippen LogP contribution in [0.15, 0.2) is 36.7 Å². The fourth-order valence-electron chi connectivity index (χ4n) is 1.90. The second-order valence-corrected chi connectivity index (χ2v) is 4.29. The molecule has 1 aromatic heterocycles. The van der Waals surface area contributed by atoms with Gasteiger partial charge < -0.3 is 14.6 Å². The zero-order chi connectivity index (χ0) is 15.2. The Hall–Kier alpha value is -2.76. The molecular weight excluding hydrogens is 272 g/mol. The van der Waals surface area contributed by atoms with Crippen LogP contribution < -0.4 is 4.74 Å². The van der Waals surface area contributed by atoms with Gasteiger partial charge in [-0.3, -0.25) is 4.68 Å². The minimum Gasteiger partial charge on any atom is -0.504 e. The largest absolute Gasteiger partial charge is 0.504 e. The molecule has 0 unspecified atom stereocenters. The number of hydrogen-bond donors (Lipinski definition) is 1. The molecule has 0 radical (unpaired) electrons. The summed E-state index contributed by atoms with van der Waals surface area (Å²) in [7, 11) is 3.11. The Kier molecular flexibility index (Phi) is 4.61. The third-order valence-corrected chi connectivity index (χ3v) is 2.96. The number of rotatable bonds is 6. The maximum atomic E-state index is 11.2. The highest BCUT2D eigenvalue weighted by molar-refractivity contribution is 5.91. The molecule has 1 N–H and O–H groups in total. The molecule has 0 amide bonds. The molecule has 21 heavy (non-hydrogen) atoms. The smallest absolute Gasteiger partial charge is 0.339 e. The van der Waals surface area contributed by atoms with Crippen molar-refractivity contribution in [2.24, 2.45) is 0 Å². The van der Waals surface area contributed by atoms with Crippen LogP contribution in [-0.2, 0) is 11.3 Å². The number of aromatic carboxylic acids is 1. The van der Waals surface area contributed by atoms with Gasteiger partial charge in [0.05, 0.1) is 38.9 Å². The van der Waals surface area contributed by atoms with E-state index in [1.54, 1.807) is 17.9 Å². The minimum atomic E-state index is -1.02. The molecule has 0 aliphatic carbocycles. The number of carboxylic acid groups (broad SMARTS) is 1. The molecule has 0 fully saturated rings. The van der Waals surface area contributed by atoms with Gasteiger partial charge in [-0.15, -0.1) is 0 Å². The normalized spacial score (nSPS) is 10.8. The van der Waals surface area contributed by atoms with Crippen LogP contribution in [0, 0.1) is 0 Å². The summed E-state index contributed by atoms with van der Waals surface area (Å²) in [4.78, 5) is 11.2. The summed E-state index contributed by atoms with van der Waals surface area (Å²) < 4.78 is 11.6. The molecule has 1 aromatic carbocycles. The molecule has 0 saturated heterocycles. The van der Waals surface area contributed by atoms with Crippen LogP contribution in [0.2, 0.25) is 0 Å². The van der Waals surface area contributed by atoms with E-state index in [9.17, 15) is 4.79 Å². The van der Waals surface area contributed by atoms with Crippen LogP contribution in [0.4, 0.5) is 0 Å². The lowest BCUT2D eigenvalue weighted by atomic mass is 10.2. The van der Waals surface area contributed by atoms with E-state index in [-0.39, 0.29) is 5.56 Å². The molecule has 1 heterocycles. The number of benzene rings is 1. The van der Waals surface area contributed by atoms with Crippen LogP contribution in [0.5, 0.6) is 5.75 Å². The lowest BCUT2D eigenvalue weighted by Crippen LogP contribution is -2.06. The number of nitrogens with zero attached hydrogens (tertiary/aromatic N) is 2. The maximum Gasteiger partial charge on any atom is 0.339 e. The average Bonchev–Trinajstić information content (AvgIpc) is 2.89. The van der Waals surface area contributed by atoms with Gasteiger partial charge in [0.25, 0.3) is 0 Å². The highest BCUT2D eigenvalue weighted by atomic mass is 16.5.